The summed E-state index contributed by atoms with van der Waals surface area (Å²) in [6, 6.07) is 5.59. The van der Waals surface area contributed by atoms with Crippen molar-refractivity contribution in [3.8, 4) is 0 Å². The Morgan fingerprint density at radius 3 is 2.77 bits per heavy atom. The molecule has 1 fully saturated rings. The Hall–Kier alpha value is -2.93. The summed E-state index contributed by atoms with van der Waals surface area (Å²) in [6.07, 6.45) is 10.4. The zero-order valence-corrected chi connectivity index (χ0v) is 18.5. The molecule has 3 heterocycles. The van der Waals surface area contributed by atoms with Crippen molar-refractivity contribution in [2.24, 2.45) is 5.92 Å². The van der Waals surface area contributed by atoms with E-state index in [9.17, 15) is 4.79 Å². The number of piperidine rings is 1. The fraction of sp³-hybridized carbons (Fsp3) is 0.391. The Morgan fingerprint density at radius 2 is 2.10 bits per heavy atom. The van der Waals surface area contributed by atoms with Crippen molar-refractivity contribution in [3.63, 3.8) is 0 Å². The van der Waals surface area contributed by atoms with Crippen molar-refractivity contribution in [2.45, 2.75) is 39.7 Å². The molecule has 7 nitrogen and oxygen atoms in total. The highest BCUT2D eigenvalue weighted by Gasteiger charge is 2.25. The molecule has 1 amide bonds. The van der Waals surface area contributed by atoms with Crippen LogP contribution in [0.3, 0.4) is 0 Å². The molecule has 162 valence electrons. The number of rotatable bonds is 5. The number of ether oxygens (including phenoxy) is 1. The van der Waals surface area contributed by atoms with Gasteiger partial charge < -0.3 is 9.64 Å². The van der Waals surface area contributed by atoms with Gasteiger partial charge in [0.25, 0.3) is 0 Å². The van der Waals surface area contributed by atoms with Gasteiger partial charge in [0.15, 0.2) is 5.82 Å². The number of hydrogen-bond donors (Lipinski definition) is 0. The number of carbonyl (C=O) groups is 1. The van der Waals surface area contributed by atoms with Crippen molar-refractivity contribution in [1.29, 1.82) is 0 Å². The number of benzene rings is 1. The molecular formula is C23H26ClN5O2. The number of halogens is 1. The molecule has 8 heteroatoms. The van der Waals surface area contributed by atoms with Gasteiger partial charge in [0.1, 0.15) is 0 Å². The summed E-state index contributed by atoms with van der Waals surface area (Å²) in [7, 11) is 0. The first kappa shape index (κ1) is 21.3. The van der Waals surface area contributed by atoms with E-state index >= 15 is 0 Å². The van der Waals surface area contributed by atoms with Gasteiger partial charge in [0.2, 0.25) is 5.91 Å². The Morgan fingerprint density at radius 1 is 1.29 bits per heavy atom. The summed E-state index contributed by atoms with van der Waals surface area (Å²) in [6.45, 7) is 5.70. The monoisotopic (exact) mass is 439 g/mol. The van der Waals surface area contributed by atoms with E-state index in [0.29, 0.717) is 23.3 Å². The number of allylic oxidation sites excluding steroid dienone is 3. The minimum Gasteiger partial charge on any atom is -0.470 e. The third-order valence-corrected chi connectivity index (χ3v) is 5.96. The van der Waals surface area contributed by atoms with Crippen LogP contribution in [0.25, 0.3) is 6.08 Å². The summed E-state index contributed by atoms with van der Waals surface area (Å²) >= 11 is 6.18. The normalized spacial score (nSPS) is 17.5. The standard InChI is InChI=1S/C23H26ClN5O2/c1-16-3-4-20(15-31-16)19-9-11-28(12-10-19)23(30)8-6-18-5-7-22(24)13-21(18)14-29-26-17(2)25-27-29/h3,5-8,13,15,19H,4,9-12,14H2,1-2H3/b8-6+. The molecule has 1 saturated heterocycles. The molecule has 2 aromatic rings. The first-order valence-electron chi connectivity index (χ1n) is 10.5. The predicted molar refractivity (Wildman–Crippen MR) is 119 cm³/mol. The molecule has 1 aromatic heterocycles. The molecular weight excluding hydrogens is 414 g/mol. The molecule has 1 aromatic carbocycles. The van der Waals surface area contributed by atoms with Gasteiger partial charge in [-0.1, -0.05) is 17.7 Å². The van der Waals surface area contributed by atoms with Crippen molar-refractivity contribution in [2.75, 3.05) is 13.1 Å². The van der Waals surface area contributed by atoms with Crippen LogP contribution in [0.1, 0.15) is 43.1 Å². The van der Waals surface area contributed by atoms with E-state index in [4.69, 9.17) is 16.3 Å². The number of carbonyl (C=O) groups excluding carboxylic acids is 1. The second-order valence-electron chi connectivity index (χ2n) is 7.97. The third-order valence-electron chi connectivity index (χ3n) is 5.73. The van der Waals surface area contributed by atoms with Crippen molar-refractivity contribution in [1.82, 2.24) is 25.1 Å². The fourth-order valence-corrected chi connectivity index (χ4v) is 4.14. The molecule has 0 bridgehead atoms. The topological polar surface area (TPSA) is 73.1 Å². The van der Waals surface area contributed by atoms with Gasteiger partial charge in [-0.15, -0.1) is 10.2 Å². The second-order valence-corrected chi connectivity index (χ2v) is 8.41. The average Bonchev–Trinajstić information content (AvgIpc) is 3.18. The number of amides is 1. The molecule has 0 radical (unpaired) electrons. The average molecular weight is 440 g/mol. The molecule has 0 spiro atoms. The molecule has 4 rings (SSSR count). The lowest BCUT2D eigenvalue weighted by atomic mass is 9.87. The molecule has 0 unspecified atom stereocenters. The Balaban J connectivity index is 1.37. The summed E-state index contributed by atoms with van der Waals surface area (Å²) in [5.74, 6) is 2.08. The number of hydrogen-bond acceptors (Lipinski definition) is 5. The van der Waals surface area contributed by atoms with Crippen molar-refractivity contribution in [3.05, 3.63) is 69.9 Å². The van der Waals surface area contributed by atoms with Gasteiger partial charge in [-0.3, -0.25) is 4.79 Å². The first-order chi connectivity index (χ1) is 15.0. The highest BCUT2D eigenvalue weighted by Crippen LogP contribution is 2.30. The molecule has 0 atom stereocenters. The molecule has 0 N–H and O–H groups in total. The van der Waals surface area contributed by atoms with Crippen LogP contribution in [0.5, 0.6) is 0 Å². The van der Waals surface area contributed by atoms with E-state index in [1.54, 1.807) is 13.0 Å². The van der Waals surface area contributed by atoms with Gasteiger partial charge in [0.05, 0.1) is 18.6 Å². The number of aromatic nitrogens is 4. The van der Waals surface area contributed by atoms with Crippen molar-refractivity contribution >= 4 is 23.6 Å². The van der Waals surface area contributed by atoms with Crippen LogP contribution in [0, 0.1) is 12.8 Å². The molecule has 0 aliphatic carbocycles. The molecule has 31 heavy (non-hydrogen) atoms. The quantitative estimate of drug-likeness (QED) is 0.654. The van der Waals surface area contributed by atoms with Gasteiger partial charge in [-0.2, -0.15) is 4.80 Å². The number of likely N-dealkylation sites (tertiary alicyclic amines) is 1. The van der Waals surface area contributed by atoms with Gasteiger partial charge in [-0.25, -0.2) is 0 Å². The zero-order chi connectivity index (χ0) is 21.8. The molecule has 2 aliphatic rings. The lowest BCUT2D eigenvalue weighted by Crippen LogP contribution is -2.38. The van der Waals surface area contributed by atoms with E-state index in [0.717, 1.165) is 49.2 Å². The highest BCUT2D eigenvalue weighted by atomic mass is 35.5. The lowest BCUT2D eigenvalue weighted by Gasteiger charge is -2.33. The number of aryl methyl sites for hydroxylation is 1. The van der Waals surface area contributed by atoms with Crippen molar-refractivity contribution < 1.29 is 9.53 Å². The minimum atomic E-state index is 0.0266. The van der Waals surface area contributed by atoms with Crippen LogP contribution in [0.15, 0.2) is 47.9 Å². The minimum absolute atomic E-state index is 0.0266. The predicted octanol–water partition coefficient (Wildman–Crippen LogP) is 4.14. The van der Waals surface area contributed by atoms with Gasteiger partial charge in [0, 0.05) is 24.2 Å². The van der Waals surface area contributed by atoms with E-state index in [1.165, 1.54) is 10.4 Å². The van der Waals surface area contributed by atoms with Crippen LogP contribution in [0.4, 0.5) is 0 Å². The van der Waals surface area contributed by atoms with Crippen LogP contribution in [-0.4, -0.2) is 44.1 Å². The van der Waals surface area contributed by atoms with E-state index < -0.39 is 0 Å². The Kier molecular flexibility index (Phi) is 6.51. The van der Waals surface area contributed by atoms with E-state index in [-0.39, 0.29) is 5.91 Å². The van der Waals surface area contributed by atoms with Crippen LogP contribution >= 0.6 is 11.6 Å². The summed E-state index contributed by atoms with van der Waals surface area (Å²) in [5, 5.41) is 12.8. The molecule has 2 aliphatic heterocycles. The summed E-state index contributed by atoms with van der Waals surface area (Å²) < 4.78 is 5.55. The zero-order valence-electron chi connectivity index (χ0n) is 17.8. The first-order valence-corrected chi connectivity index (χ1v) is 10.9. The maximum atomic E-state index is 12.8. The second kappa shape index (κ2) is 9.47. The fourth-order valence-electron chi connectivity index (χ4n) is 3.94. The van der Waals surface area contributed by atoms with E-state index in [2.05, 4.69) is 21.5 Å². The summed E-state index contributed by atoms with van der Waals surface area (Å²) in [5.41, 5.74) is 3.17. The maximum Gasteiger partial charge on any atom is 0.246 e. The highest BCUT2D eigenvalue weighted by molar-refractivity contribution is 6.30. The van der Waals surface area contributed by atoms with Crippen LogP contribution in [0.2, 0.25) is 5.02 Å². The smallest absolute Gasteiger partial charge is 0.246 e. The maximum absolute atomic E-state index is 12.8. The lowest BCUT2D eigenvalue weighted by molar-refractivity contribution is -0.127. The largest absolute Gasteiger partial charge is 0.470 e. The van der Waals surface area contributed by atoms with E-state index in [1.807, 2.05) is 42.4 Å². The van der Waals surface area contributed by atoms with Gasteiger partial charge in [-0.05, 0) is 85.2 Å². The van der Waals surface area contributed by atoms with Crippen LogP contribution in [-0.2, 0) is 16.1 Å². The third kappa shape index (κ3) is 5.41. The number of nitrogens with zero attached hydrogens (tertiary/aromatic N) is 5. The molecule has 0 saturated carbocycles. The number of tetrazole rings is 1. The summed E-state index contributed by atoms with van der Waals surface area (Å²) in [4.78, 5) is 16.2. The Bertz CT molecular complexity index is 1050. The van der Waals surface area contributed by atoms with Gasteiger partial charge >= 0.3 is 0 Å². The Labute approximate surface area is 187 Å². The van der Waals surface area contributed by atoms with Crippen LogP contribution < -0.4 is 0 Å². The SMILES string of the molecule is CC1=CCC(C2CCN(C(=O)/C=C/c3ccc(Cl)cc3Cn3nnc(C)n3)CC2)=CO1.